The first-order valence-corrected chi connectivity index (χ1v) is 9.03. The van der Waals surface area contributed by atoms with E-state index in [1.54, 1.807) is 0 Å². The minimum atomic E-state index is -2.86. The van der Waals surface area contributed by atoms with Crippen molar-refractivity contribution in [1.82, 2.24) is 4.90 Å². The first kappa shape index (κ1) is 15.5. The molecule has 2 rings (SSSR count). The van der Waals surface area contributed by atoms with Crippen LogP contribution in [-0.4, -0.2) is 43.5 Å². The number of likely N-dealkylation sites (N-methyl/N-ethyl adjacent to an activating group) is 1. The van der Waals surface area contributed by atoms with Gasteiger partial charge in [0, 0.05) is 18.6 Å². The normalized spacial score (nSPS) is 20.9. The Morgan fingerprint density at radius 1 is 1.20 bits per heavy atom. The summed E-state index contributed by atoms with van der Waals surface area (Å²) < 4.78 is 23.3. The molecule has 5 heteroatoms. The first-order valence-electron chi connectivity index (χ1n) is 7.21. The van der Waals surface area contributed by atoms with Crippen molar-refractivity contribution in [1.29, 1.82) is 0 Å². The lowest BCUT2D eigenvalue weighted by Crippen LogP contribution is -2.57. The molecule has 0 atom stereocenters. The summed E-state index contributed by atoms with van der Waals surface area (Å²) in [6, 6.07) is 10.3. The molecule has 1 aliphatic rings. The molecule has 1 aliphatic heterocycles. The van der Waals surface area contributed by atoms with Gasteiger partial charge in [-0.1, -0.05) is 37.3 Å². The molecule has 1 aromatic carbocycles. The molecule has 0 saturated carbocycles. The number of nitrogens with zero attached hydrogens (tertiary/aromatic N) is 1. The van der Waals surface area contributed by atoms with E-state index in [0.29, 0.717) is 19.4 Å². The van der Waals surface area contributed by atoms with Gasteiger partial charge in [-0.15, -0.1) is 0 Å². The third kappa shape index (κ3) is 3.40. The summed E-state index contributed by atoms with van der Waals surface area (Å²) in [7, 11) is -2.86. The summed E-state index contributed by atoms with van der Waals surface area (Å²) in [5.74, 6) is 0.519. The molecule has 112 valence electrons. The van der Waals surface area contributed by atoms with Gasteiger partial charge < -0.3 is 5.73 Å². The lowest BCUT2D eigenvalue weighted by molar-refractivity contribution is 0.0808. The Morgan fingerprint density at radius 3 is 2.30 bits per heavy atom. The Bertz CT molecular complexity index is 514. The Morgan fingerprint density at radius 2 is 1.80 bits per heavy atom. The maximum atomic E-state index is 11.7. The molecule has 2 N–H and O–H groups in total. The highest BCUT2D eigenvalue weighted by Crippen LogP contribution is 2.30. The minimum Gasteiger partial charge on any atom is -0.329 e. The van der Waals surface area contributed by atoms with Crippen LogP contribution >= 0.6 is 0 Å². The van der Waals surface area contributed by atoms with Gasteiger partial charge in [0.2, 0.25) is 0 Å². The summed E-state index contributed by atoms with van der Waals surface area (Å²) in [6.07, 6.45) is 1.29. The number of hydrogen-bond acceptors (Lipinski definition) is 4. The average molecular weight is 296 g/mol. The van der Waals surface area contributed by atoms with Crippen LogP contribution in [0.2, 0.25) is 0 Å². The molecule has 0 aliphatic carbocycles. The van der Waals surface area contributed by atoms with Gasteiger partial charge >= 0.3 is 0 Å². The van der Waals surface area contributed by atoms with Gasteiger partial charge in [0.1, 0.15) is 9.84 Å². The number of rotatable bonds is 5. The standard InChI is InChI=1S/C15H24N2O2S/c1-2-17(12-14-6-4-3-5-7-14)15(13-16)8-10-20(18,19)11-9-15/h3-7H,2,8-13,16H2,1H3. The molecule has 0 amide bonds. The predicted octanol–water partition coefficient (Wildman–Crippen LogP) is 1.41. The Hall–Kier alpha value is -0.910. The number of nitrogens with two attached hydrogens (primary N) is 1. The summed E-state index contributed by atoms with van der Waals surface area (Å²) in [4.78, 5) is 2.34. The molecule has 0 bridgehead atoms. The maximum absolute atomic E-state index is 11.7. The van der Waals surface area contributed by atoms with E-state index in [4.69, 9.17) is 5.73 Å². The van der Waals surface area contributed by atoms with Crippen molar-refractivity contribution in [3.63, 3.8) is 0 Å². The van der Waals surface area contributed by atoms with Crippen molar-refractivity contribution >= 4 is 9.84 Å². The maximum Gasteiger partial charge on any atom is 0.150 e. The highest BCUT2D eigenvalue weighted by molar-refractivity contribution is 7.91. The fourth-order valence-corrected chi connectivity index (χ4v) is 4.57. The Labute approximate surface area is 121 Å². The molecule has 4 nitrogen and oxygen atoms in total. The highest BCUT2D eigenvalue weighted by Gasteiger charge is 2.40. The zero-order valence-electron chi connectivity index (χ0n) is 12.1. The third-order valence-electron chi connectivity index (χ3n) is 4.41. The second-order valence-corrected chi connectivity index (χ2v) is 7.88. The van der Waals surface area contributed by atoms with Gasteiger partial charge in [-0.05, 0) is 24.9 Å². The number of sulfone groups is 1. The summed E-state index contributed by atoms with van der Waals surface area (Å²) in [5, 5.41) is 0. The molecule has 0 aromatic heterocycles. The summed E-state index contributed by atoms with van der Waals surface area (Å²) >= 11 is 0. The molecule has 1 fully saturated rings. The molecular weight excluding hydrogens is 272 g/mol. The highest BCUT2D eigenvalue weighted by atomic mass is 32.2. The third-order valence-corrected chi connectivity index (χ3v) is 6.06. The summed E-state index contributed by atoms with van der Waals surface area (Å²) in [5.41, 5.74) is 7.10. The van der Waals surface area contributed by atoms with Crippen LogP contribution in [0.15, 0.2) is 30.3 Å². The van der Waals surface area contributed by atoms with Crippen LogP contribution in [0.25, 0.3) is 0 Å². The molecule has 1 heterocycles. The van der Waals surface area contributed by atoms with E-state index >= 15 is 0 Å². The largest absolute Gasteiger partial charge is 0.329 e. The van der Waals surface area contributed by atoms with Crippen LogP contribution in [0, 0.1) is 0 Å². The lowest BCUT2D eigenvalue weighted by Gasteiger charge is -2.45. The van der Waals surface area contributed by atoms with E-state index in [0.717, 1.165) is 13.1 Å². The van der Waals surface area contributed by atoms with Crippen molar-refractivity contribution < 1.29 is 8.42 Å². The van der Waals surface area contributed by atoms with Gasteiger partial charge in [-0.2, -0.15) is 0 Å². The minimum absolute atomic E-state index is 0.171. The van der Waals surface area contributed by atoms with E-state index in [1.807, 2.05) is 18.2 Å². The molecule has 0 radical (unpaired) electrons. The zero-order chi connectivity index (χ0) is 14.6. The van der Waals surface area contributed by atoms with Crippen molar-refractivity contribution in [2.24, 2.45) is 5.73 Å². The average Bonchev–Trinajstić information content (AvgIpc) is 2.47. The smallest absolute Gasteiger partial charge is 0.150 e. The van der Waals surface area contributed by atoms with Crippen molar-refractivity contribution in [3.05, 3.63) is 35.9 Å². The van der Waals surface area contributed by atoms with Gasteiger partial charge in [-0.3, -0.25) is 4.90 Å². The second-order valence-electron chi connectivity index (χ2n) is 5.58. The topological polar surface area (TPSA) is 63.4 Å². The first-order chi connectivity index (χ1) is 9.51. The Balaban J connectivity index is 2.16. The van der Waals surface area contributed by atoms with Gasteiger partial charge in [0.25, 0.3) is 0 Å². The lowest BCUT2D eigenvalue weighted by atomic mass is 9.89. The quantitative estimate of drug-likeness (QED) is 0.892. The van der Waals surface area contributed by atoms with Crippen LogP contribution in [0.3, 0.4) is 0 Å². The van der Waals surface area contributed by atoms with Crippen LogP contribution in [0.5, 0.6) is 0 Å². The number of hydrogen-bond donors (Lipinski definition) is 1. The van der Waals surface area contributed by atoms with Crippen LogP contribution < -0.4 is 5.73 Å². The van der Waals surface area contributed by atoms with E-state index in [1.165, 1.54) is 5.56 Å². The van der Waals surface area contributed by atoms with E-state index in [-0.39, 0.29) is 17.0 Å². The van der Waals surface area contributed by atoms with Crippen LogP contribution in [0.4, 0.5) is 0 Å². The molecule has 1 aromatic rings. The van der Waals surface area contributed by atoms with Crippen LogP contribution in [0.1, 0.15) is 25.3 Å². The van der Waals surface area contributed by atoms with Gasteiger partial charge in [0.15, 0.2) is 0 Å². The zero-order valence-corrected chi connectivity index (χ0v) is 12.9. The molecule has 20 heavy (non-hydrogen) atoms. The fourth-order valence-electron chi connectivity index (χ4n) is 2.99. The van der Waals surface area contributed by atoms with E-state index in [9.17, 15) is 8.42 Å². The molecule has 0 unspecified atom stereocenters. The molecule has 0 spiro atoms. The van der Waals surface area contributed by atoms with E-state index in [2.05, 4.69) is 24.0 Å². The van der Waals surface area contributed by atoms with Crippen molar-refractivity contribution in [2.45, 2.75) is 31.8 Å². The molecule has 1 saturated heterocycles. The van der Waals surface area contributed by atoms with Gasteiger partial charge in [0.05, 0.1) is 11.5 Å². The monoisotopic (exact) mass is 296 g/mol. The summed E-state index contributed by atoms with van der Waals surface area (Å²) in [6.45, 7) is 4.34. The fraction of sp³-hybridized carbons (Fsp3) is 0.600. The van der Waals surface area contributed by atoms with E-state index < -0.39 is 9.84 Å². The SMILES string of the molecule is CCN(Cc1ccccc1)C1(CN)CCS(=O)(=O)CC1. The second kappa shape index (κ2) is 6.24. The molecular formula is C15H24N2O2S. The Kier molecular flexibility index (Phi) is 4.83. The predicted molar refractivity (Wildman–Crippen MR) is 82.2 cm³/mol. The van der Waals surface area contributed by atoms with Crippen molar-refractivity contribution in [2.75, 3.05) is 24.6 Å². The van der Waals surface area contributed by atoms with Crippen molar-refractivity contribution in [3.8, 4) is 0 Å². The number of benzene rings is 1. The van der Waals surface area contributed by atoms with Gasteiger partial charge in [-0.25, -0.2) is 8.42 Å². The van der Waals surface area contributed by atoms with Crippen LogP contribution in [-0.2, 0) is 16.4 Å².